The number of aromatic nitrogens is 2. The lowest BCUT2D eigenvalue weighted by atomic mass is 10.1. The number of fused-ring (bicyclic) bond motifs is 3. The van der Waals surface area contributed by atoms with Crippen molar-refractivity contribution in [2.75, 3.05) is 20.2 Å². The normalized spacial score (nSPS) is 18.8. The van der Waals surface area contributed by atoms with Gasteiger partial charge in [-0.3, -0.25) is 19.4 Å². The topological polar surface area (TPSA) is 88.1 Å². The van der Waals surface area contributed by atoms with E-state index in [1.165, 1.54) is 4.90 Å². The number of carbonyl (C=O) groups excluding carboxylic acids is 3. The number of esters is 1. The molecule has 0 saturated carbocycles. The fourth-order valence-electron chi connectivity index (χ4n) is 3.52. The van der Waals surface area contributed by atoms with Gasteiger partial charge in [-0.2, -0.15) is 0 Å². The van der Waals surface area contributed by atoms with Gasteiger partial charge >= 0.3 is 17.9 Å². The van der Waals surface area contributed by atoms with Gasteiger partial charge < -0.3 is 4.74 Å². The summed E-state index contributed by atoms with van der Waals surface area (Å²) in [6.07, 6.45) is -0.0239. The van der Waals surface area contributed by atoms with Crippen LogP contribution in [0.3, 0.4) is 0 Å². The second-order valence-electron chi connectivity index (χ2n) is 6.34. The van der Waals surface area contributed by atoms with Crippen LogP contribution in [0.4, 0.5) is 10.7 Å². The molecule has 9 heteroatoms. The second kappa shape index (κ2) is 6.54. The number of rotatable bonds is 5. The van der Waals surface area contributed by atoms with Crippen molar-refractivity contribution in [1.82, 2.24) is 14.4 Å². The first-order valence-corrected chi connectivity index (χ1v) is 8.77. The van der Waals surface area contributed by atoms with Crippen molar-refractivity contribution in [3.63, 3.8) is 0 Å². The first-order chi connectivity index (χ1) is 12.3. The summed E-state index contributed by atoms with van der Waals surface area (Å²) in [7, 11) is 1.60. The highest BCUT2D eigenvalue weighted by Gasteiger charge is 2.53. The second-order valence-corrected chi connectivity index (χ2v) is 6.34. The molecule has 1 unspecified atom stereocenters. The number of amidine groups is 1. The van der Waals surface area contributed by atoms with Crippen molar-refractivity contribution >= 4 is 29.7 Å². The van der Waals surface area contributed by atoms with Gasteiger partial charge in [-0.05, 0) is 27.7 Å². The Morgan fingerprint density at radius 2 is 1.96 bits per heavy atom. The van der Waals surface area contributed by atoms with Gasteiger partial charge in [0.2, 0.25) is 11.9 Å². The fourth-order valence-corrected chi connectivity index (χ4v) is 3.52. The molecule has 0 aliphatic carbocycles. The van der Waals surface area contributed by atoms with Crippen LogP contribution in [0.1, 0.15) is 37.7 Å². The standard InChI is InChI=1S/C17H24N5O4/c1-6-20-10(3)11(4)22-13-14(18-16(20)22)19(5)17(25)21(15(13)24)9-8-12(23)26-7-2/h13H,6-9H2,1-5H3/q+1. The highest BCUT2D eigenvalue weighted by molar-refractivity contribution is 6.20. The number of ether oxygens (including phenoxy) is 1. The van der Waals surface area contributed by atoms with Crippen LogP contribution in [-0.4, -0.2) is 58.3 Å². The van der Waals surface area contributed by atoms with Gasteiger partial charge in [0.15, 0.2) is 0 Å². The molecule has 0 bridgehead atoms. The summed E-state index contributed by atoms with van der Waals surface area (Å²) >= 11 is 0. The number of amides is 3. The van der Waals surface area contributed by atoms with Crippen LogP contribution in [0.2, 0.25) is 0 Å². The first-order valence-electron chi connectivity index (χ1n) is 8.77. The summed E-state index contributed by atoms with van der Waals surface area (Å²) in [6.45, 7) is 8.63. The predicted octanol–water partition coefficient (Wildman–Crippen LogP) is 0.844. The Kier molecular flexibility index (Phi) is 4.55. The zero-order valence-corrected chi connectivity index (χ0v) is 15.8. The third kappa shape index (κ3) is 2.49. The van der Waals surface area contributed by atoms with Crippen molar-refractivity contribution in [2.45, 2.75) is 46.7 Å². The smallest absolute Gasteiger partial charge is 0.402 e. The predicted molar refractivity (Wildman–Crippen MR) is 92.0 cm³/mol. The highest BCUT2D eigenvalue weighted by Crippen LogP contribution is 2.35. The molecule has 1 saturated heterocycles. The molecule has 1 atom stereocenters. The number of nitrogens with zero attached hydrogens (tertiary/aromatic N) is 5. The van der Waals surface area contributed by atoms with Gasteiger partial charge in [0.25, 0.3) is 5.91 Å². The molecule has 0 radical (unpaired) electrons. The van der Waals surface area contributed by atoms with Crippen LogP contribution in [0.15, 0.2) is 4.99 Å². The Labute approximate surface area is 151 Å². The average molecular weight is 362 g/mol. The Morgan fingerprint density at radius 1 is 1.27 bits per heavy atom. The molecule has 0 aromatic carbocycles. The van der Waals surface area contributed by atoms with Gasteiger partial charge in [0, 0.05) is 13.6 Å². The van der Waals surface area contributed by atoms with Gasteiger partial charge in [-0.1, -0.05) is 4.99 Å². The van der Waals surface area contributed by atoms with E-state index in [4.69, 9.17) is 4.74 Å². The van der Waals surface area contributed by atoms with Crippen molar-refractivity contribution < 1.29 is 23.7 Å². The number of likely N-dealkylation sites (N-methyl/N-ethyl adjacent to an activating group) is 1. The van der Waals surface area contributed by atoms with E-state index in [0.717, 1.165) is 22.8 Å². The number of aliphatic imine (C=N–C) groups is 1. The molecule has 1 aromatic rings. The third-order valence-electron chi connectivity index (χ3n) is 4.99. The van der Waals surface area contributed by atoms with E-state index < -0.39 is 18.0 Å². The molecule has 1 aromatic heterocycles. The number of urea groups is 1. The molecule has 140 valence electrons. The van der Waals surface area contributed by atoms with Crippen LogP contribution < -0.4 is 4.57 Å². The van der Waals surface area contributed by atoms with Crippen molar-refractivity contribution in [2.24, 2.45) is 4.99 Å². The summed E-state index contributed by atoms with van der Waals surface area (Å²) in [4.78, 5) is 44.4. The Morgan fingerprint density at radius 3 is 2.58 bits per heavy atom. The van der Waals surface area contributed by atoms with Crippen LogP contribution in [0.25, 0.3) is 0 Å². The zero-order valence-electron chi connectivity index (χ0n) is 15.8. The van der Waals surface area contributed by atoms with Gasteiger partial charge in [-0.15, -0.1) is 0 Å². The molecule has 1 fully saturated rings. The lowest BCUT2D eigenvalue weighted by Gasteiger charge is -2.33. The Hall–Kier alpha value is -2.71. The number of hydrogen-bond donors (Lipinski definition) is 0. The molecule has 3 rings (SSSR count). The minimum absolute atomic E-state index is 0.00692. The maximum absolute atomic E-state index is 13.1. The quantitative estimate of drug-likeness (QED) is 0.574. The van der Waals surface area contributed by atoms with Crippen molar-refractivity contribution in [1.29, 1.82) is 0 Å². The number of hydrogen-bond acceptors (Lipinski definition) is 5. The summed E-state index contributed by atoms with van der Waals surface area (Å²) < 4.78 is 8.79. The van der Waals surface area contributed by atoms with E-state index in [2.05, 4.69) is 4.99 Å². The molecule has 3 amide bonds. The molecule has 9 nitrogen and oxygen atoms in total. The summed E-state index contributed by atoms with van der Waals surface area (Å²) in [5.74, 6) is 0.297. The third-order valence-corrected chi connectivity index (χ3v) is 4.99. The van der Waals surface area contributed by atoms with E-state index in [0.29, 0.717) is 11.8 Å². The van der Waals surface area contributed by atoms with E-state index >= 15 is 0 Å². The van der Waals surface area contributed by atoms with E-state index in [9.17, 15) is 14.4 Å². The summed E-state index contributed by atoms with van der Waals surface area (Å²) in [5.41, 5.74) is 1.97. The van der Waals surface area contributed by atoms with Crippen LogP contribution in [0, 0.1) is 13.8 Å². The molecular weight excluding hydrogens is 338 g/mol. The van der Waals surface area contributed by atoms with Gasteiger partial charge in [0.05, 0.1) is 19.6 Å². The summed E-state index contributed by atoms with van der Waals surface area (Å²) in [6, 6.07) is -1.15. The lowest BCUT2D eigenvalue weighted by molar-refractivity contribution is -0.685. The number of carbonyl (C=O) groups is 3. The molecule has 26 heavy (non-hydrogen) atoms. The molecule has 2 aliphatic heterocycles. The average Bonchev–Trinajstić information content (AvgIpc) is 3.09. The zero-order chi connectivity index (χ0) is 19.2. The summed E-state index contributed by atoms with van der Waals surface area (Å²) in [5, 5.41) is 0. The molecule has 0 N–H and O–H groups in total. The minimum Gasteiger partial charge on any atom is -0.466 e. The van der Waals surface area contributed by atoms with E-state index in [-0.39, 0.29) is 25.5 Å². The van der Waals surface area contributed by atoms with Crippen molar-refractivity contribution in [3.8, 4) is 0 Å². The van der Waals surface area contributed by atoms with Gasteiger partial charge in [0.1, 0.15) is 11.4 Å². The number of imide groups is 1. The highest BCUT2D eigenvalue weighted by atomic mass is 16.5. The minimum atomic E-state index is -0.679. The largest absolute Gasteiger partial charge is 0.466 e. The first kappa shape index (κ1) is 18.1. The fraction of sp³-hybridized carbons (Fsp3) is 0.588. The van der Waals surface area contributed by atoms with Crippen LogP contribution in [0.5, 0.6) is 0 Å². The number of imidazole rings is 1. The maximum atomic E-state index is 13.1. The van der Waals surface area contributed by atoms with Crippen molar-refractivity contribution in [3.05, 3.63) is 11.4 Å². The molecular formula is C17H24N5O4+. The Bertz CT molecular complexity index is 826. The maximum Gasteiger partial charge on any atom is 0.402 e. The van der Waals surface area contributed by atoms with Crippen LogP contribution in [-0.2, 0) is 20.9 Å². The monoisotopic (exact) mass is 362 g/mol. The Balaban J connectivity index is 1.95. The molecule has 2 aliphatic rings. The van der Waals surface area contributed by atoms with Crippen LogP contribution >= 0.6 is 0 Å². The SMILES string of the molecule is CCOC(=O)CCN1C(=O)C2C(=Nc3n2c(C)c(C)[n+]3CC)N(C)C1=O. The molecule has 0 spiro atoms. The van der Waals surface area contributed by atoms with E-state index in [1.54, 1.807) is 14.0 Å². The molecule has 3 heterocycles. The van der Waals surface area contributed by atoms with Gasteiger partial charge in [-0.25, -0.2) is 13.9 Å². The lowest BCUT2D eigenvalue weighted by Crippen LogP contribution is -2.58. The van der Waals surface area contributed by atoms with E-state index in [1.807, 2.05) is 29.9 Å².